The maximum Gasteiger partial charge on any atom is 0.203 e. The molecule has 6 heteroatoms. The zero-order valence-electron chi connectivity index (χ0n) is 13.4. The molecule has 0 bridgehead atoms. The van der Waals surface area contributed by atoms with E-state index in [-0.39, 0.29) is 5.75 Å². The number of ether oxygens (including phenoxy) is 1. The number of phenols is 1. The number of nitrogens with zero attached hydrogens (tertiary/aromatic N) is 2. The van der Waals surface area contributed by atoms with Crippen LogP contribution in [-0.2, 0) is 0 Å². The molecular weight excluding hydrogens is 322 g/mol. The van der Waals surface area contributed by atoms with Crippen LogP contribution in [0.4, 0.5) is 5.13 Å². The van der Waals surface area contributed by atoms with Crippen LogP contribution in [0.15, 0.2) is 52.9 Å². The molecule has 24 heavy (non-hydrogen) atoms. The zero-order chi connectivity index (χ0) is 16.9. The van der Waals surface area contributed by atoms with Crippen LogP contribution in [0.5, 0.6) is 11.5 Å². The highest BCUT2D eigenvalue weighted by atomic mass is 32.1. The Kier molecular flexibility index (Phi) is 4.77. The standard InChI is InChI=1S/C18H17N3O2S/c1-12-3-6-14(7-4-12)15-11-24-18(20-15)21-19-10-13-5-8-16(22)17(9-13)23-2/h3-11,22H,1-2H3,(H,20,21)/b19-10+. The summed E-state index contributed by atoms with van der Waals surface area (Å²) in [4.78, 5) is 4.52. The van der Waals surface area contributed by atoms with Crippen molar-refractivity contribution in [3.8, 4) is 22.8 Å². The van der Waals surface area contributed by atoms with Gasteiger partial charge in [-0.1, -0.05) is 29.8 Å². The van der Waals surface area contributed by atoms with Crippen LogP contribution in [0.1, 0.15) is 11.1 Å². The first-order valence-electron chi connectivity index (χ1n) is 7.34. The van der Waals surface area contributed by atoms with E-state index < -0.39 is 0 Å². The number of aromatic hydroxyl groups is 1. The first kappa shape index (κ1) is 16.0. The fourth-order valence-electron chi connectivity index (χ4n) is 2.12. The summed E-state index contributed by atoms with van der Waals surface area (Å²) in [6, 6.07) is 13.3. The highest BCUT2D eigenvalue weighted by Crippen LogP contribution is 2.26. The van der Waals surface area contributed by atoms with E-state index in [4.69, 9.17) is 4.74 Å². The zero-order valence-corrected chi connectivity index (χ0v) is 14.2. The van der Waals surface area contributed by atoms with Crippen LogP contribution in [0.25, 0.3) is 11.3 Å². The summed E-state index contributed by atoms with van der Waals surface area (Å²) in [5, 5.41) is 16.5. The summed E-state index contributed by atoms with van der Waals surface area (Å²) in [6.45, 7) is 2.06. The lowest BCUT2D eigenvalue weighted by atomic mass is 10.1. The van der Waals surface area contributed by atoms with Gasteiger partial charge >= 0.3 is 0 Å². The molecule has 0 radical (unpaired) electrons. The van der Waals surface area contributed by atoms with Gasteiger partial charge in [0.05, 0.1) is 19.0 Å². The van der Waals surface area contributed by atoms with Crippen molar-refractivity contribution in [2.45, 2.75) is 6.92 Å². The summed E-state index contributed by atoms with van der Waals surface area (Å²) in [6.07, 6.45) is 1.65. The van der Waals surface area contributed by atoms with Crippen molar-refractivity contribution in [1.82, 2.24) is 4.98 Å². The molecule has 5 nitrogen and oxygen atoms in total. The van der Waals surface area contributed by atoms with Gasteiger partial charge in [-0.15, -0.1) is 11.3 Å². The predicted molar refractivity (Wildman–Crippen MR) is 98.2 cm³/mol. The van der Waals surface area contributed by atoms with E-state index in [2.05, 4.69) is 46.7 Å². The van der Waals surface area contributed by atoms with Gasteiger partial charge in [-0.3, -0.25) is 5.43 Å². The molecular formula is C18H17N3O2S. The molecule has 1 heterocycles. The monoisotopic (exact) mass is 339 g/mol. The molecule has 0 aliphatic rings. The van der Waals surface area contributed by atoms with E-state index in [0.29, 0.717) is 10.9 Å². The second-order valence-electron chi connectivity index (χ2n) is 5.21. The Hall–Kier alpha value is -2.86. The van der Waals surface area contributed by atoms with Gasteiger partial charge in [0.25, 0.3) is 0 Å². The van der Waals surface area contributed by atoms with Crippen molar-refractivity contribution in [2.75, 3.05) is 12.5 Å². The third kappa shape index (κ3) is 3.72. The fraction of sp³-hybridized carbons (Fsp3) is 0.111. The van der Waals surface area contributed by atoms with Crippen molar-refractivity contribution in [2.24, 2.45) is 5.10 Å². The maximum absolute atomic E-state index is 9.57. The molecule has 0 amide bonds. The number of benzene rings is 2. The number of anilines is 1. The SMILES string of the molecule is COc1cc(/C=N/Nc2nc(-c3ccc(C)cc3)cs2)ccc1O. The Balaban J connectivity index is 1.68. The van der Waals surface area contributed by atoms with Gasteiger partial charge in [0.15, 0.2) is 11.5 Å². The molecule has 0 atom stereocenters. The van der Waals surface area contributed by atoms with Gasteiger partial charge in [0, 0.05) is 10.9 Å². The van der Waals surface area contributed by atoms with Crippen LogP contribution >= 0.6 is 11.3 Å². The molecule has 0 unspecified atom stereocenters. The second-order valence-corrected chi connectivity index (χ2v) is 6.06. The summed E-state index contributed by atoms with van der Waals surface area (Å²) >= 11 is 1.49. The van der Waals surface area contributed by atoms with Gasteiger partial charge in [0.1, 0.15) is 0 Å². The largest absolute Gasteiger partial charge is 0.504 e. The van der Waals surface area contributed by atoms with E-state index in [1.165, 1.54) is 24.0 Å². The van der Waals surface area contributed by atoms with Crippen molar-refractivity contribution in [3.05, 3.63) is 59.0 Å². The number of rotatable bonds is 5. The van der Waals surface area contributed by atoms with Crippen LogP contribution < -0.4 is 10.2 Å². The second kappa shape index (κ2) is 7.14. The van der Waals surface area contributed by atoms with Crippen molar-refractivity contribution >= 4 is 22.7 Å². The number of aryl methyl sites for hydroxylation is 1. The minimum absolute atomic E-state index is 0.102. The van der Waals surface area contributed by atoms with E-state index >= 15 is 0 Å². The predicted octanol–water partition coefficient (Wildman–Crippen LogP) is 4.28. The molecule has 0 saturated heterocycles. The van der Waals surface area contributed by atoms with E-state index in [1.807, 2.05) is 5.38 Å². The van der Waals surface area contributed by atoms with Crippen molar-refractivity contribution in [3.63, 3.8) is 0 Å². The molecule has 0 aliphatic carbocycles. The minimum Gasteiger partial charge on any atom is -0.504 e. The Labute approximate surface area is 144 Å². The van der Waals surface area contributed by atoms with Gasteiger partial charge in [-0.2, -0.15) is 5.10 Å². The number of nitrogens with one attached hydrogen (secondary N) is 1. The van der Waals surface area contributed by atoms with Crippen molar-refractivity contribution < 1.29 is 9.84 Å². The Morgan fingerprint density at radius 3 is 2.75 bits per heavy atom. The average Bonchev–Trinajstić information content (AvgIpc) is 3.06. The summed E-state index contributed by atoms with van der Waals surface area (Å²) in [5.74, 6) is 0.514. The quantitative estimate of drug-likeness (QED) is 0.538. The molecule has 0 saturated carbocycles. The van der Waals surface area contributed by atoms with E-state index in [1.54, 1.807) is 24.4 Å². The van der Waals surface area contributed by atoms with Crippen molar-refractivity contribution in [1.29, 1.82) is 0 Å². The van der Waals surface area contributed by atoms with Gasteiger partial charge in [-0.25, -0.2) is 4.98 Å². The van der Waals surface area contributed by atoms with Crippen LogP contribution in [-0.4, -0.2) is 23.4 Å². The molecule has 1 aromatic heterocycles. The van der Waals surface area contributed by atoms with E-state index in [9.17, 15) is 5.11 Å². The Morgan fingerprint density at radius 2 is 2.00 bits per heavy atom. The first-order chi connectivity index (χ1) is 11.7. The summed E-state index contributed by atoms with van der Waals surface area (Å²) in [7, 11) is 1.51. The highest BCUT2D eigenvalue weighted by molar-refractivity contribution is 7.14. The maximum atomic E-state index is 9.57. The molecule has 0 aliphatic heterocycles. The van der Waals surface area contributed by atoms with E-state index in [0.717, 1.165) is 16.8 Å². The summed E-state index contributed by atoms with van der Waals surface area (Å²) in [5.41, 5.74) is 6.96. The molecule has 3 rings (SSSR count). The average molecular weight is 339 g/mol. The fourth-order valence-corrected chi connectivity index (χ4v) is 2.79. The third-order valence-electron chi connectivity index (χ3n) is 3.43. The van der Waals surface area contributed by atoms with Gasteiger partial charge in [-0.05, 0) is 30.7 Å². The number of hydrazone groups is 1. The highest BCUT2D eigenvalue weighted by Gasteiger charge is 2.04. The third-order valence-corrected chi connectivity index (χ3v) is 4.18. The van der Waals surface area contributed by atoms with Gasteiger partial charge < -0.3 is 9.84 Å². The van der Waals surface area contributed by atoms with Crippen LogP contribution in [0.3, 0.4) is 0 Å². The number of phenolic OH excluding ortho intramolecular Hbond substituents is 1. The number of methoxy groups -OCH3 is 1. The molecule has 0 fully saturated rings. The first-order valence-corrected chi connectivity index (χ1v) is 8.22. The smallest absolute Gasteiger partial charge is 0.203 e. The molecule has 122 valence electrons. The number of thiazole rings is 1. The van der Waals surface area contributed by atoms with Gasteiger partial charge in [0.2, 0.25) is 5.13 Å². The molecule has 3 aromatic rings. The lowest BCUT2D eigenvalue weighted by Crippen LogP contribution is -1.91. The summed E-state index contributed by atoms with van der Waals surface area (Å²) < 4.78 is 5.07. The topological polar surface area (TPSA) is 66.7 Å². The molecule has 2 N–H and O–H groups in total. The number of aromatic nitrogens is 1. The van der Waals surface area contributed by atoms with Crippen LogP contribution in [0, 0.1) is 6.92 Å². The minimum atomic E-state index is 0.102. The lowest BCUT2D eigenvalue weighted by Gasteiger charge is -2.03. The normalized spacial score (nSPS) is 10.9. The Morgan fingerprint density at radius 1 is 1.21 bits per heavy atom. The Bertz CT molecular complexity index is 857. The van der Waals surface area contributed by atoms with Crippen LogP contribution in [0.2, 0.25) is 0 Å². The number of hydrogen-bond donors (Lipinski definition) is 2. The lowest BCUT2D eigenvalue weighted by molar-refractivity contribution is 0.373. The number of hydrogen-bond acceptors (Lipinski definition) is 6. The molecule has 0 spiro atoms. The molecule has 2 aromatic carbocycles.